The molecule has 3 rings (SSSR count). The molecule has 1 saturated heterocycles. The third kappa shape index (κ3) is 4.64. The number of carboxylic acid groups (broad SMARTS) is 1. The fourth-order valence-electron chi connectivity index (χ4n) is 4.49. The molecule has 1 aromatic carbocycles. The van der Waals surface area contributed by atoms with Gasteiger partial charge in [-0.05, 0) is 44.4 Å². The van der Waals surface area contributed by atoms with Crippen LogP contribution >= 0.6 is 0 Å². The Labute approximate surface area is 156 Å². The summed E-state index contributed by atoms with van der Waals surface area (Å²) < 4.78 is 5.92. The van der Waals surface area contributed by atoms with Crippen molar-refractivity contribution >= 4 is 5.97 Å². The van der Waals surface area contributed by atoms with E-state index in [2.05, 4.69) is 24.1 Å². The maximum Gasteiger partial charge on any atom is 0.335 e. The highest BCUT2D eigenvalue weighted by Gasteiger charge is 2.41. The van der Waals surface area contributed by atoms with Crippen molar-refractivity contribution in [3.8, 4) is 0 Å². The molecule has 0 aromatic heterocycles. The van der Waals surface area contributed by atoms with Gasteiger partial charge in [-0.15, -0.1) is 0 Å². The van der Waals surface area contributed by atoms with Gasteiger partial charge in [0.05, 0.1) is 17.8 Å². The Bertz CT molecular complexity index is 623. The molecule has 0 bridgehead atoms. The molecule has 2 fully saturated rings. The lowest BCUT2D eigenvalue weighted by molar-refractivity contribution is -0.123. The van der Waals surface area contributed by atoms with Gasteiger partial charge in [0.25, 0.3) is 0 Å². The molecule has 0 radical (unpaired) electrons. The van der Waals surface area contributed by atoms with Crippen LogP contribution in [0.15, 0.2) is 24.3 Å². The monoisotopic (exact) mass is 360 g/mol. The van der Waals surface area contributed by atoms with Crippen molar-refractivity contribution in [1.82, 2.24) is 10.2 Å². The average Bonchev–Trinajstić information content (AvgIpc) is 2.62. The number of hydrogen-bond donors (Lipinski definition) is 2. The van der Waals surface area contributed by atoms with Crippen LogP contribution in [0.25, 0.3) is 0 Å². The number of carbonyl (C=O) groups is 1. The summed E-state index contributed by atoms with van der Waals surface area (Å²) in [5.74, 6) is -0.869. The highest BCUT2D eigenvalue weighted by Crippen LogP contribution is 2.36. The number of nitrogens with one attached hydrogen (secondary N) is 1. The lowest BCUT2D eigenvalue weighted by atomic mass is 9.79. The molecule has 2 aliphatic rings. The van der Waals surface area contributed by atoms with Gasteiger partial charge < -0.3 is 15.2 Å². The van der Waals surface area contributed by atoms with E-state index in [1.54, 1.807) is 12.1 Å². The lowest BCUT2D eigenvalue weighted by Gasteiger charge is -2.51. The maximum atomic E-state index is 11.2. The Balaban J connectivity index is 1.65. The number of morpholine rings is 1. The van der Waals surface area contributed by atoms with Crippen molar-refractivity contribution in [2.75, 3.05) is 26.2 Å². The minimum atomic E-state index is -0.869. The smallest absolute Gasteiger partial charge is 0.335 e. The van der Waals surface area contributed by atoms with Gasteiger partial charge in [0.2, 0.25) is 0 Å². The second kappa shape index (κ2) is 8.07. The summed E-state index contributed by atoms with van der Waals surface area (Å²) in [5.41, 5.74) is 1.49. The van der Waals surface area contributed by atoms with Crippen LogP contribution in [0.3, 0.4) is 0 Å². The molecule has 1 aliphatic heterocycles. The van der Waals surface area contributed by atoms with Gasteiger partial charge in [-0.2, -0.15) is 0 Å². The Morgan fingerprint density at radius 3 is 2.73 bits per heavy atom. The van der Waals surface area contributed by atoms with Gasteiger partial charge in [-0.3, -0.25) is 4.90 Å². The number of aromatic carboxylic acids is 1. The van der Waals surface area contributed by atoms with Crippen molar-refractivity contribution in [2.24, 2.45) is 0 Å². The summed E-state index contributed by atoms with van der Waals surface area (Å²) in [6.45, 7) is 8.79. The standard InChI is InChI=1S/C21H32N2O3/c1-20(2)16-23(11-12-26-20)21(9-4-3-5-10-21)15-22-14-17-7-6-8-18(13-17)19(24)25/h6-8,13,22H,3-5,9-12,14-16H2,1-2H3,(H,24,25). The number of nitrogens with zero attached hydrogens (tertiary/aromatic N) is 1. The van der Waals surface area contributed by atoms with Crippen LogP contribution in [-0.2, 0) is 11.3 Å². The van der Waals surface area contributed by atoms with Crippen LogP contribution in [0.5, 0.6) is 0 Å². The van der Waals surface area contributed by atoms with Crippen LogP contribution in [0.2, 0.25) is 0 Å². The number of ether oxygens (including phenoxy) is 1. The first-order valence-electron chi connectivity index (χ1n) is 9.82. The first-order valence-corrected chi connectivity index (χ1v) is 9.82. The fraction of sp³-hybridized carbons (Fsp3) is 0.667. The molecule has 5 nitrogen and oxygen atoms in total. The van der Waals surface area contributed by atoms with Crippen molar-refractivity contribution in [3.63, 3.8) is 0 Å². The van der Waals surface area contributed by atoms with Gasteiger partial charge in [-0.25, -0.2) is 4.79 Å². The van der Waals surface area contributed by atoms with Crippen molar-refractivity contribution in [1.29, 1.82) is 0 Å². The molecule has 26 heavy (non-hydrogen) atoms. The van der Waals surface area contributed by atoms with Crippen LogP contribution in [0.4, 0.5) is 0 Å². The molecular formula is C21H32N2O3. The van der Waals surface area contributed by atoms with Gasteiger partial charge in [0.15, 0.2) is 0 Å². The molecule has 0 atom stereocenters. The van der Waals surface area contributed by atoms with Crippen LogP contribution in [-0.4, -0.2) is 53.4 Å². The van der Waals surface area contributed by atoms with E-state index < -0.39 is 5.97 Å². The topological polar surface area (TPSA) is 61.8 Å². The highest BCUT2D eigenvalue weighted by molar-refractivity contribution is 5.87. The first-order chi connectivity index (χ1) is 12.4. The second-order valence-electron chi connectivity index (χ2n) is 8.42. The number of benzene rings is 1. The number of hydrogen-bond acceptors (Lipinski definition) is 4. The van der Waals surface area contributed by atoms with Crippen LogP contribution in [0.1, 0.15) is 61.9 Å². The Hall–Kier alpha value is -1.43. The Morgan fingerprint density at radius 1 is 1.27 bits per heavy atom. The zero-order chi connectivity index (χ0) is 18.6. The lowest BCUT2D eigenvalue weighted by Crippen LogP contribution is -2.62. The summed E-state index contributed by atoms with van der Waals surface area (Å²) in [6, 6.07) is 7.22. The van der Waals surface area contributed by atoms with E-state index in [0.29, 0.717) is 12.1 Å². The minimum absolute atomic E-state index is 0.0848. The van der Waals surface area contributed by atoms with E-state index in [9.17, 15) is 4.79 Å². The zero-order valence-electron chi connectivity index (χ0n) is 16.1. The van der Waals surface area contributed by atoms with Crippen LogP contribution < -0.4 is 5.32 Å². The van der Waals surface area contributed by atoms with E-state index in [-0.39, 0.29) is 11.1 Å². The molecule has 5 heteroatoms. The van der Waals surface area contributed by atoms with E-state index in [1.807, 2.05) is 12.1 Å². The molecular weight excluding hydrogens is 328 g/mol. The summed E-state index contributed by atoms with van der Waals surface area (Å²) >= 11 is 0. The van der Waals surface area contributed by atoms with Crippen LogP contribution in [0, 0.1) is 0 Å². The van der Waals surface area contributed by atoms with Gasteiger partial charge in [0.1, 0.15) is 0 Å². The molecule has 2 N–H and O–H groups in total. The molecule has 1 aromatic rings. The van der Waals surface area contributed by atoms with Gasteiger partial charge in [0, 0.05) is 31.7 Å². The maximum absolute atomic E-state index is 11.2. The average molecular weight is 360 g/mol. The quantitative estimate of drug-likeness (QED) is 0.815. The molecule has 0 unspecified atom stereocenters. The predicted molar refractivity (Wildman–Crippen MR) is 103 cm³/mol. The zero-order valence-corrected chi connectivity index (χ0v) is 16.1. The summed E-state index contributed by atoms with van der Waals surface area (Å²) in [4.78, 5) is 13.8. The fourth-order valence-corrected chi connectivity index (χ4v) is 4.49. The normalized spacial score (nSPS) is 22.8. The van der Waals surface area contributed by atoms with Crippen molar-refractivity contribution in [2.45, 2.75) is 63.6 Å². The third-order valence-corrected chi connectivity index (χ3v) is 5.84. The third-order valence-electron chi connectivity index (χ3n) is 5.84. The largest absolute Gasteiger partial charge is 0.478 e. The van der Waals surface area contributed by atoms with E-state index in [1.165, 1.54) is 32.1 Å². The Kier molecular flexibility index (Phi) is 6.00. The molecule has 1 heterocycles. The summed E-state index contributed by atoms with van der Waals surface area (Å²) in [5, 5.41) is 12.8. The van der Waals surface area contributed by atoms with Gasteiger partial charge in [-0.1, -0.05) is 31.4 Å². The van der Waals surface area contributed by atoms with Gasteiger partial charge >= 0.3 is 5.97 Å². The first kappa shape index (κ1) is 19.3. The number of rotatable bonds is 6. The minimum Gasteiger partial charge on any atom is -0.478 e. The predicted octanol–water partition coefficient (Wildman–Crippen LogP) is 3.29. The van der Waals surface area contributed by atoms with E-state index >= 15 is 0 Å². The molecule has 0 amide bonds. The highest BCUT2D eigenvalue weighted by atomic mass is 16.5. The molecule has 0 spiro atoms. The number of carboxylic acids is 1. The SMILES string of the molecule is CC1(C)CN(C2(CNCc3cccc(C(=O)O)c3)CCCCC2)CCO1. The summed E-state index contributed by atoms with van der Waals surface area (Å²) in [6.07, 6.45) is 6.36. The van der Waals surface area contributed by atoms with E-state index in [0.717, 1.165) is 31.8 Å². The van der Waals surface area contributed by atoms with Crippen molar-refractivity contribution < 1.29 is 14.6 Å². The molecule has 1 saturated carbocycles. The second-order valence-corrected chi connectivity index (χ2v) is 8.42. The van der Waals surface area contributed by atoms with E-state index in [4.69, 9.17) is 9.84 Å². The molecule has 144 valence electrons. The summed E-state index contributed by atoms with van der Waals surface area (Å²) in [7, 11) is 0. The van der Waals surface area contributed by atoms with Crippen molar-refractivity contribution in [3.05, 3.63) is 35.4 Å². The molecule has 1 aliphatic carbocycles. The Morgan fingerprint density at radius 2 is 2.04 bits per heavy atom.